The maximum atomic E-state index is 13.5. The van der Waals surface area contributed by atoms with Crippen molar-refractivity contribution in [2.45, 2.75) is 25.9 Å². The SMILES string of the molecule is COc1cccc(C(=O)N2CCC(C(=O)N(Cc3ccccc3)Cc3ccccc3)CC2)c1. The molecule has 170 valence electrons. The zero-order chi connectivity index (χ0) is 23.0. The summed E-state index contributed by atoms with van der Waals surface area (Å²) < 4.78 is 5.24. The molecule has 4 rings (SSSR count). The number of likely N-dealkylation sites (tertiary alicyclic amines) is 1. The Bertz CT molecular complexity index is 1020. The van der Waals surface area contributed by atoms with Crippen LogP contribution in [-0.2, 0) is 17.9 Å². The van der Waals surface area contributed by atoms with Gasteiger partial charge in [0, 0.05) is 37.7 Å². The fourth-order valence-corrected chi connectivity index (χ4v) is 4.35. The summed E-state index contributed by atoms with van der Waals surface area (Å²) in [6.45, 7) is 2.32. The summed E-state index contributed by atoms with van der Waals surface area (Å²) in [6, 6.07) is 27.4. The number of nitrogens with zero attached hydrogens (tertiary/aromatic N) is 2. The molecule has 0 unspecified atom stereocenters. The molecule has 3 aromatic carbocycles. The zero-order valence-electron chi connectivity index (χ0n) is 19.0. The van der Waals surface area contributed by atoms with Crippen molar-refractivity contribution in [1.82, 2.24) is 9.80 Å². The van der Waals surface area contributed by atoms with Gasteiger partial charge in [-0.1, -0.05) is 66.7 Å². The van der Waals surface area contributed by atoms with Crippen LogP contribution in [0, 0.1) is 5.92 Å². The standard InChI is InChI=1S/C28H30N2O3/c1-33-26-14-8-13-25(19-26)28(32)29-17-15-24(16-18-29)27(31)30(20-22-9-4-2-5-10-22)21-23-11-6-3-7-12-23/h2-14,19,24H,15-18,20-21H2,1H3. The molecule has 2 amide bonds. The first-order valence-corrected chi connectivity index (χ1v) is 11.4. The second-order valence-corrected chi connectivity index (χ2v) is 8.46. The lowest BCUT2D eigenvalue weighted by Crippen LogP contribution is -2.44. The molecule has 0 atom stereocenters. The van der Waals surface area contributed by atoms with Crippen molar-refractivity contribution in [2.75, 3.05) is 20.2 Å². The van der Waals surface area contributed by atoms with Crippen molar-refractivity contribution in [3.63, 3.8) is 0 Å². The van der Waals surface area contributed by atoms with Crippen LogP contribution in [0.2, 0.25) is 0 Å². The Morgan fingerprint density at radius 2 is 1.42 bits per heavy atom. The van der Waals surface area contributed by atoms with E-state index in [-0.39, 0.29) is 17.7 Å². The zero-order valence-corrected chi connectivity index (χ0v) is 19.0. The van der Waals surface area contributed by atoms with E-state index in [1.807, 2.05) is 64.4 Å². The maximum Gasteiger partial charge on any atom is 0.253 e. The number of hydrogen-bond donors (Lipinski definition) is 0. The van der Waals surface area contributed by atoms with Gasteiger partial charge >= 0.3 is 0 Å². The summed E-state index contributed by atoms with van der Waals surface area (Å²) in [5.41, 5.74) is 2.86. The molecule has 0 bridgehead atoms. The van der Waals surface area contributed by atoms with E-state index in [0.717, 1.165) is 11.1 Å². The average molecular weight is 443 g/mol. The monoisotopic (exact) mass is 442 g/mol. The second kappa shape index (κ2) is 10.8. The fourth-order valence-electron chi connectivity index (χ4n) is 4.35. The third-order valence-corrected chi connectivity index (χ3v) is 6.19. The van der Waals surface area contributed by atoms with Crippen molar-refractivity contribution < 1.29 is 14.3 Å². The second-order valence-electron chi connectivity index (χ2n) is 8.46. The van der Waals surface area contributed by atoms with Crippen LogP contribution < -0.4 is 4.74 Å². The third-order valence-electron chi connectivity index (χ3n) is 6.19. The third kappa shape index (κ3) is 5.80. The maximum absolute atomic E-state index is 13.5. The van der Waals surface area contributed by atoms with Crippen LogP contribution >= 0.6 is 0 Å². The van der Waals surface area contributed by atoms with Gasteiger partial charge in [0.1, 0.15) is 5.75 Å². The smallest absolute Gasteiger partial charge is 0.253 e. The van der Waals surface area contributed by atoms with Gasteiger partial charge in [0.15, 0.2) is 0 Å². The number of carbonyl (C=O) groups excluding carboxylic acids is 2. The van der Waals surface area contributed by atoms with Gasteiger partial charge in [-0.15, -0.1) is 0 Å². The van der Waals surface area contributed by atoms with E-state index >= 15 is 0 Å². The Morgan fingerprint density at radius 3 is 1.97 bits per heavy atom. The van der Waals surface area contributed by atoms with Crippen molar-refractivity contribution in [2.24, 2.45) is 5.92 Å². The highest BCUT2D eigenvalue weighted by Gasteiger charge is 2.30. The number of ether oxygens (including phenoxy) is 1. The highest BCUT2D eigenvalue weighted by Crippen LogP contribution is 2.24. The van der Waals surface area contributed by atoms with Crippen molar-refractivity contribution >= 4 is 11.8 Å². The van der Waals surface area contributed by atoms with E-state index in [2.05, 4.69) is 24.3 Å². The predicted octanol–water partition coefficient (Wildman–Crippen LogP) is 4.78. The number of hydrogen-bond acceptors (Lipinski definition) is 3. The van der Waals surface area contributed by atoms with Crippen molar-refractivity contribution in [1.29, 1.82) is 0 Å². The minimum absolute atomic E-state index is 0.00905. The first-order valence-electron chi connectivity index (χ1n) is 11.4. The van der Waals surface area contributed by atoms with E-state index < -0.39 is 0 Å². The number of rotatable bonds is 7. The molecule has 0 aliphatic carbocycles. The minimum atomic E-state index is -0.0771. The van der Waals surface area contributed by atoms with Gasteiger partial charge < -0.3 is 14.5 Å². The predicted molar refractivity (Wildman–Crippen MR) is 129 cm³/mol. The van der Waals surface area contributed by atoms with Crippen molar-refractivity contribution in [3.05, 3.63) is 102 Å². The van der Waals surface area contributed by atoms with Crippen LogP contribution in [0.4, 0.5) is 0 Å². The van der Waals surface area contributed by atoms with Crippen LogP contribution in [0.5, 0.6) is 5.75 Å². The summed E-state index contributed by atoms with van der Waals surface area (Å²) >= 11 is 0. The molecule has 33 heavy (non-hydrogen) atoms. The number of amides is 2. The van der Waals surface area contributed by atoms with Crippen LogP contribution in [-0.4, -0.2) is 41.8 Å². The number of methoxy groups -OCH3 is 1. The quantitative estimate of drug-likeness (QED) is 0.529. The van der Waals surface area contributed by atoms with Crippen LogP contribution in [0.25, 0.3) is 0 Å². The summed E-state index contributed by atoms with van der Waals surface area (Å²) in [4.78, 5) is 30.3. The molecule has 0 spiro atoms. The lowest BCUT2D eigenvalue weighted by molar-refractivity contribution is -0.138. The molecule has 5 heteroatoms. The molecule has 0 N–H and O–H groups in total. The van der Waals surface area contributed by atoms with E-state index in [0.29, 0.717) is 50.3 Å². The summed E-state index contributed by atoms with van der Waals surface area (Å²) in [7, 11) is 1.59. The summed E-state index contributed by atoms with van der Waals surface area (Å²) in [5, 5.41) is 0. The van der Waals surface area contributed by atoms with E-state index in [1.54, 1.807) is 13.2 Å². The normalized spacial score (nSPS) is 14.0. The molecule has 5 nitrogen and oxygen atoms in total. The first kappa shape index (κ1) is 22.6. The Balaban J connectivity index is 1.42. The van der Waals surface area contributed by atoms with Gasteiger partial charge in [0.2, 0.25) is 5.91 Å². The van der Waals surface area contributed by atoms with Crippen molar-refractivity contribution in [3.8, 4) is 5.75 Å². The fraction of sp³-hybridized carbons (Fsp3) is 0.286. The molecule has 1 aliphatic rings. The highest BCUT2D eigenvalue weighted by molar-refractivity contribution is 5.94. The van der Waals surface area contributed by atoms with Gasteiger partial charge in [-0.2, -0.15) is 0 Å². The number of piperidine rings is 1. The van der Waals surface area contributed by atoms with Crippen LogP contribution in [0.15, 0.2) is 84.9 Å². The highest BCUT2D eigenvalue weighted by atomic mass is 16.5. The summed E-state index contributed by atoms with van der Waals surface area (Å²) in [5.74, 6) is 0.747. The van der Waals surface area contributed by atoms with Crippen LogP contribution in [0.3, 0.4) is 0 Å². The Hall–Kier alpha value is -3.60. The average Bonchev–Trinajstić information content (AvgIpc) is 2.89. The topological polar surface area (TPSA) is 49.9 Å². The molecule has 0 aromatic heterocycles. The molecule has 1 heterocycles. The Morgan fingerprint density at radius 1 is 0.848 bits per heavy atom. The minimum Gasteiger partial charge on any atom is -0.497 e. The molecule has 3 aromatic rings. The molecule has 1 saturated heterocycles. The molecule has 1 aliphatic heterocycles. The van der Waals surface area contributed by atoms with E-state index in [4.69, 9.17) is 4.74 Å². The number of carbonyl (C=O) groups is 2. The molecule has 0 radical (unpaired) electrons. The molecule has 0 saturated carbocycles. The van der Waals surface area contributed by atoms with Gasteiger partial charge in [0.25, 0.3) is 5.91 Å². The lowest BCUT2D eigenvalue weighted by atomic mass is 9.94. The van der Waals surface area contributed by atoms with Gasteiger partial charge in [-0.05, 0) is 42.2 Å². The van der Waals surface area contributed by atoms with E-state index in [9.17, 15) is 9.59 Å². The Kier molecular flexibility index (Phi) is 7.40. The largest absolute Gasteiger partial charge is 0.497 e. The lowest BCUT2D eigenvalue weighted by Gasteiger charge is -2.34. The summed E-state index contributed by atoms with van der Waals surface area (Å²) in [6.07, 6.45) is 1.35. The van der Waals surface area contributed by atoms with E-state index in [1.165, 1.54) is 0 Å². The Labute approximate surface area is 195 Å². The van der Waals surface area contributed by atoms with Crippen LogP contribution in [0.1, 0.15) is 34.3 Å². The van der Waals surface area contributed by atoms with Gasteiger partial charge in [0.05, 0.1) is 7.11 Å². The molecular formula is C28H30N2O3. The van der Waals surface area contributed by atoms with Gasteiger partial charge in [-0.25, -0.2) is 0 Å². The molecule has 1 fully saturated rings. The first-order chi connectivity index (χ1) is 16.1. The molecular weight excluding hydrogens is 412 g/mol. The van der Waals surface area contributed by atoms with Gasteiger partial charge in [-0.3, -0.25) is 9.59 Å². The number of benzene rings is 3.